The van der Waals surface area contributed by atoms with Gasteiger partial charge in [0.15, 0.2) is 11.6 Å². The molecule has 0 aliphatic heterocycles. The molecule has 0 fully saturated rings. The fourth-order valence-electron chi connectivity index (χ4n) is 1.52. The third kappa shape index (κ3) is 2.90. The fourth-order valence-corrected chi connectivity index (χ4v) is 1.52. The summed E-state index contributed by atoms with van der Waals surface area (Å²) in [4.78, 5) is 0. The van der Waals surface area contributed by atoms with E-state index in [-0.39, 0.29) is 22.9 Å². The van der Waals surface area contributed by atoms with Crippen molar-refractivity contribution in [2.45, 2.75) is 0 Å². The Kier molecular flexibility index (Phi) is 3.50. The van der Waals surface area contributed by atoms with E-state index in [1.54, 1.807) is 0 Å². The van der Waals surface area contributed by atoms with E-state index in [4.69, 9.17) is 15.2 Å². The van der Waals surface area contributed by atoms with Crippen LogP contribution in [0.4, 0.5) is 18.9 Å². The average molecular weight is 269 g/mol. The molecule has 100 valence electrons. The van der Waals surface area contributed by atoms with Crippen molar-refractivity contribution in [3.05, 3.63) is 47.8 Å². The summed E-state index contributed by atoms with van der Waals surface area (Å²) in [6, 6.07) is 4.76. The molecule has 0 aliphatic rings. The number of halogens is 3. The molecule has 0 atom stereocenters. The van der Waals surface area contributed by atoms with Crippen LogP contribution in [0.3, 0.4) is 0 Å². The molecule has 2 aromatic carbocycles. The molecule has 2 aromatic rings. The number of methoxy groups -OCH3 is 1. The lowest BCUT2D eigenvalue weighted by molar-refractivity contribution is 0.401. The molecule has 0 saturated heterocycles. The van der Waals surface area contributed by atoms with Gasteiger partial charge in [-0.05, 0) is 0 Å². The van der Waals surface area contributed by atoms with E-state index in [0.717, 1.165) is 18.2 Å². The predicted molar refractivity (Wildman–Crippen MR) is 63.8 cm³/mol. The van der Waals surface area contributed by atoms with Crippen LogP contribution in [0.15, 0.2) is 30.3 Å². The topological polar surface area (TPSA) is 44.5 Å². The van der Waals surface area contributed by atoms with Crippen LogP contribution in [0, 0.1) is 17.5 Å². The number of hydrogen-bond donors (Lipinski definition) is 1. The number of hydrogen-bond acceptors (Lipinski definition) is 3. The largest absolute Gasteiger partial charge is 0.494 e. The molecule has 3 nitrogen and oxygen atoms in total. The average Bonchev–Trinajstić information content (AvgIpc) is 2.31. The lowest BCUT2D eigenvalue weighted by Gasteiger charge is -2.10. The molecular weight excluding hydrogens is 259 g/mol. The van der Waals surface area contributed by atoms with Crippen LogP contribution < -0.4 is 15.2 Å². The van der Waals surface area contributed by atoms with Crippen LogP contribution >= 0.6 is 0 Å². The van der Waals surface area contributed by atoms with E-state index in [1.165, 1.54) is 13.2 Å². The van der Waals surface area contributed by atoms with Crippen LogP contribution in [0.2, 0.25) is 0 Å². The summed E-state index contributed by atoms with van der Waals surface area (Å²) < 4.78 is 49.6. The fraction of sp³-hybridized carbons (Fsp3) is 0.0769. The Balaban J connectivity index is 2.37. The van der Waals surface area contributed by atoms with E-state index in [1.807, 2.05) is 0 Å². The zero-order valence-corrected chi connectivity index (χ0v) is 9.91. The first-order chi connectivity index (χ1) is 8.99. The molecule has 0 bridgehead atoms. The van der Waals surface area contributed by atoms with Gasteiger partial charge in [0, 0.05) is 30.3 Å². The summed E-state index contributed by atoms with van der Waals surface area (Å²) in [5.41, 5.74) is 5.60. The van der Waals surface area contributed by atoms with E-state index in [9.17, 15) is 13.2 Å². The second-order valence-electron chi connectivity index (χ2n) is 3.73. The van der Waals surface area contributed by atoms with Crippen molar-refractivity contribution in [3.8, 4) is 17.2 Å². The Morgan fingerprint density at radius 3 is 2.11 bits per heavy atom. The van der Waals surface area contributed by atoms with Gasteiger partial charge in [-0.2, -0.15) is 0 Å². The number of ether oxygens (including phenoxy) is 2. The highest BCUT2D eigenvalue weighted by Crippen LogP contribution is 2.33. The zero-order chi connectivity index (χ0) is 14.0. The Hall–Kier alpha value is -2.37. The van der Waals surface area contributed by atoms with Crippen LogP contribution in [0.5, 0.6) is 17.2 Å². The normalized spacial score (nSPS) is 10.3. The number of rotatable bonds is 3. The van der Waals surface area contributed by atoms with Crippen LogP contribution in [-0.2, 0) is 0 Å². The molecule has 2 rings (SSSR count). The molecular formula is C13H10F3NO2. The van der Waals surface area contributed by atoms with Gasteiger partial charge in [0.05, 0.1) is 12.8 Å². The Morgan fingerprint density at radius 1 is 0.895 bits per heavy atom. The molecule has 0 saturated carbocycles. The summed E-state index contributed by atoms with van der Waals surface area (Å²) in [5.74, 6) is -2.61. The van der Waals surface area contributed by atoms with Gasteiger partial charge in [-0.3, -0.25) is 0 Å². The van der Waals surface area contributed by atoms with Crippen molar-refractivity contribution < 1.29 is 22.6 Å². The summed E-state index contributed by atoms with van der Waals surface area (Å²) in [7, 11) is 1.36. The first-order valence-corrected chi connectivity index (χ1v) is 5.26. The monoisotopic (exact) mass is 269 g/mol. The number of benzene rings is 2. The zero-order valence-electron chi connectivity index (χ0n) is 9.91. The molecule has 0 radical (unpaired) electrons. The second-order valence-corrected chi connectivity index (χ2v) is 3.73. The number of nitrogens with two attached hydrogens (primary N) is 1. The minimum Gasteiger partial charge on any atom is -0.494 e. The molecule has 0 aromatic heterocycles. The van der Waals surface area contributed by atoms with Gasteiger partial charge < -0.3 is 15.2 Å². The Morgan fingerprint density at radius 2 is 1.53 bits per heavy atom. The highest BCUT2D eigenvalue weighted by Gasteiger charge is 2.11. The highest BCUT2D eigenvalue weighted by atomic mass is 19.1. The molecule has 6 heteroatoms. The minimum atomic E-state index is -0.821. The maximum Gasteiger partial charge on any atom is 0.168 e. The van der Waals surface area contributed by atoms with E-state index in [2.05, 4.69) is 0 Å². The SMILES string of the molecule is COc1cc(Oc2cc(F)cc(F)c2)c(F)cc1N. The highest BCUT2D eigenvalue weighted by molar-refractivity contribution is 5.56. The first kappa shape index (κ1) is 13.1. The van der Waals surface area contributed by atoms with E-state index in [0.29, 0.717) is 6.07 Å². The molecule has 19 heavy (non-hydrogen) atoms. The maximum atomic E-state index is 13.6. The quantitative estimate of drug-likeness (QED) is 0.867. The van der Waals surface area contributed by atoms with Crippen molar-refractivity contribution >= 4 is 5.69 Å². The van der Waals surface area contributed by atoms with Gasteiger partial charge in [-0.25, -0.2) is 13.2 Å². The van der Waals surface area contributed by atoms with Crippen LogP contribution in [0.1, 0.15) is 0 Å². The lowest BCUT2D eigenvalue weighted by Crippen LogP contribution is -1.96. The van der Waals surface area contributed by atoms with Crippen molar-refractivity contribution in [1.29, 1.82) is 0 Å². The van der Waals surface area contributed by atoms with Gasteiger partial charge in [-0.1, -0.05) is 0 Å². The predicted octanol–water partition coefficient (Wildman–Crippen LogP) is 3.49. The molecule has 0 aliphatic carbocycles. The molecule has 0 unspecified atom stereocenters. The van der Waals surface area contributed by atoms with E-state index < -0.39 is 17.5 Å². The van der Waals surface area contributed by atoms with Gasteiger partial charge >= 0.3 is 0 Å². The molecule has 0 heterocycles. The summed E-state index contributed by atoms with van der Waals surface area (Å²) in [6.07, 6.45) is 0. The smallest absolute Gasteiger partial charge is 0.168 e. The Labute approximate surface area is 107 Å². The third-order valence-electron chi connectivity index (χ3n) is 2.35. The molecule has 2 N–H and O–H groups in total. The number of anilines is 1. The lowest BCUT2D eigenvalue weighted by atomic mass is 10.2. The summed E-state index contributed by atoms with van der Waals surface area (Å²) >= 11 is 0. The standard InChI is InChI=1S/C13H10F3NO2/c1-18-13-6-12(10(16)5-11(13)17)19-9-3-7(14)2-8(15)4-9/h2-6H,17H2,1H3. The summed E-state index contributed by atoms with van der Waals surface area (Å²) in [6.45, 7) is 0. The van der Waals surface area contributed by atoms with Crippen LogP contribution in [-0.4, -0.2) is 7.11 Å². The maximum absolute atomic E-state index is 13.6. The van der Waals surface area contributed by atoms with Crippen molar-refractivity contribution in [2.75, 3.05) is 12.8 Å². The van der Waals surface area contributed by atoms with Gasteiger partial charge in [0.2, 0.25) is 0 Å². The van der Waals surface area contributed by atoms with E-state index >= 15 is 0 Å². The summed E-state index contributed by atoms with van der Waals surface area (Å²) in [5, 5.41) is 0. The van der Waals surface area contributed by atoms with Gasteiger partial charge in [0.1, 0.15) is 23.1 Å². The third-order valence-corrected chi connectivity index (χ3v) is 2.35. The van der Waals surface area contributed by atoms with Crippen LogP contribution in [0.25, 0.3) is 0 Å². The molecule has 0 amide bonds. The van der Waals surface area contributed by atoms with Crippen molar-refractivity contribution in [3.63, 3.8) is 0 Å². The van der Waals surface area contributed by atoms with Crippen molar-refractivity contribution in [1.82, 2.24) is 0 Å². The number of nitrogen functional groups attached to an aromatic ring is 1. The Bertz CT molecular complexity index is 597. The first-order valence-electron chi connectivity index (χ1n) is 5.26. The minimum absolute atomic E-state index is 0.0952. The van der Waals surface area contributed by atoms with Crippen molar-refractivity contribution in [2.24, 2.45) is 0 Å². The second kappa shape index (κ2) is 5.09. The molecule has 0 spiro atoms. The van der Waals surface area contributed by atoms with Gasteiger partial charge in [-0.15, -0.1) is 0 Å². The van der Waals surface area contributed by atoms with Gasteiger partial charge in [0.25, 0.3) is 0 Å².